The number of hydrogen-bond acceptors (Lipinski definition) is 4. The lowest BCUT2D eigenvalue weighted by Crippen LogP contribution is -1.84. The first-order valence-electron chi connectivity index (χ1n) is 4.04. The third-order valence-electron chi connectivity index (χ3n) is 1.63. The molecule has 0 aromatic carbocycles. The highest BCUT2D eigenvalue weighted by molar-refractivity contribution is 9.13. The topological polar surface area (TPSA) is 38.9 Å². The Balaban J connectivity index is 2.28. The Labute approximate surface area is 112 Å². The molecule has 3 nitrogen and oxygen atoms in total. The van der Waals surface area contributed by atoms with Crippen molar-refractivity contribution in [3.05, 3.63) is 20.2 Å². The minimum atomic E-state index is 0.486. The van der Waals surface area contributed by atoms with E-state index in [0.29, 0.717) is 24.1 Å². The van der Waals surface area contributed by atoms with Crippen molar-refractivity contribution in [1.29, 1.82) is 0 Å². The number of aromatic nitrogens is 2. The van der Waals surface area contributed by atoms with E-state index < -0.39 is 0 Å². The fraction of sp³-hybridized carbons (Fsp3) is 0.250. The summed E-state index contributed by atoms with van der Waals surface area (Å²) < 4.78 is 7.44. The lowest BCUT2D eigenvalue weighted by molar-refractivity contribution is 0.515. The summed E-state index contributed by atoms with van der Waals surface area (Å²) in [5, 5.41) is 7.85. The van der Waals surface area contributed by atoms with Crippen molar-refractivity contribution in [2.45, 2.75) is 6.42 Å². The first kappa shape index (κ1) is 11.6. The van der Waals surface area contributed by atoms with E-state index in [4.69, 9.17) is 16.0 Å². The Morgan fingerprint density at radius 1 is 1.40 bits per heavy atom. The molecular weight excluding hydrogens is 367 g/mol. The maximum Gasteiger partial charge on any atom is 0.257 e. The highest BCUT2D eigenvalue weighted by Crippen LogP contribution is 2.37. The molecule has 2 heterocycles. The van der Waals surface area contributed by atoms with E-state index in [1.807, 2.05) is 6.07 Å². The fourth-order valence-corrected chi connectivity index (χ4v) is 3.11. The minimum absolute atomic E-state index is 0.486. The van der Waals surface area contributed by atoms with Gasteiger partial charge in [0.25, 0.3) is 5.89 Å². The summed E-state index contributed by atoms with van der Waals surface area (Å²) in [6.07, 6.45) is 0.599. The second-order valence-electron chi connectivity index (χ2n) is 2.67. The SMILES string of the molecule is ClCCc1nnc(-c2cc(Br)c(Br)s2)o1. The van der Waals surface area contributed by atoms with E-state index in [1.165, 1.54) is 11.3 Å². The molecule has 0 atom stereocenters. The molecule has 0 fully saturated rings. The number of aryl methyl sites for hydroxylation is 1. The Morgan fingerprint density at radius 2 is 2.20 bits per heavy atom. The molecule has 0 saturated heterocycles. The van der Waals surface area contributed by atoms with Gasteiger partial charge < -0.3 is 4.42 Å². The van der Waals surface area contributed by atoms with Crippen LogP contribution in [0.3, 0.4) is 0 Å². The molecule has 0 aliphatic heterocycles. The fourth-order valence-electron chi connectivity index (χ4n) is 0.987. The molecule has 2 aromatic heterocycles. The zero-order valence-corrected chi connectivity index (χ0v) is 12.1. The molecule has 2 aromatic rings. The number of halogens is 3. The van der Waals surface area contributed by atoms with Gasteiger partial charge in [0.05, 0.1) is 8.66 Å². The number of nitrogens with zero attached hydrogens (tertiary/aromatic N) is 2. The molecule has 7 heteroatoms. The largest absolute Gasteiger partial charge is 0.420 e. The summed E-state index contributed by atoms with van der Waals surface area (Å²) in [5.41, 5.74) is 0. The van der Waals surface area contributed by atoms with Gasteiger partial charge in [-0.3, -0.25) is 0 Å². The third kappa shape index (κ3) is 2.61. The van der Waals surface area contributed by atoms with Gasteiger partial charge in [-0.1, -0.05) is 0 Å². The van der Waals surface area contributed by atoms with Gasteiger partial charge in [0.15, 0.2) is 0 Å². The number of hydrogen-bond donors (Lipinski definition) is 0. The van der Waals surface area contributed by atoms with Gasteiger partial charge >= 0.3 is 0 Å². The first-order valence-corrected chi connectivity index (χ1v) is 6.98. The molecule has 0 bridgehead atoms. The standard InChI is InChI=1S/C8H5Br2ClN2OS/c9-4-3-5(15-7(4)10)8-13-12-6(14-8)1-2-11/h3H,1-2H2. The highest BCUT2D eigenvalue weighted by atomic mass is 79.9. The first-order chi connectivity index (χ1) is 7.20. The Morgan fingerprint density at radius 3 is 2.80 bits per heavy atom. The van der Waals surface area contributed by atoms with Crippen molar-refractivity contribution in [1.82, 2.24) is 10.2 Å². The predicted molar refractivity (Wildman–Crippen MR) is 67.4 cm³/mol. The lowest BCUT2D eigenvalue weighted by atomic mass is 10.5. The number of thiophene rings is 1. The molecule has 0 saturated carbocycles. The minimum Gasteiger partial charge on any atom is -0.420 e. The van der Waals surface area contributed by atoms with E-state index in [2.05, 4.69) is 42.1 Å². The van der Waals surface area contributed by atoms with Gasteiger partial charge in [-0.25, -0.2) is 0 Å². The van der Waals surface area contributed by atoms with Crippen LogP contribution >= 0.6 is 54.8 Å². The summed E-state index contributed by atoms with van der Waals surface area (Å²) in [6.45, 7) is 0. The van der Waals surface area contributed by atoms with Crippen molar-refractivity contribution in [3.8, 4) is 10.8 Å². The number of rotatable bonds is 3. The van der Waals surface area contributed by atoms with Gasteiger partial charge in [0, 0.05) is 16.8 Å². The molecule has 0 unspecified atom stereocenters. The van der Waals surface area contributed by atoms with Crippen molar-refractivity contribution in [2.24, 2.45) is 0 Å². The number of alkyl halides is 1. The average molecular weight is 372 g/mol. The molecule has 0 N–H and O–H groups in total. The molecule has 0 amide bonds. The highest BCUT2D eigenvalue weighted by Gasteiger charge is 2.12. The van der Waals surface area contributed by atoms with Crippen LogP contribution in [0.15, 0.2) is 18.7 Å². The van der Waals surface area contributed by atoms with E-state index >= 15 is 0 Å². The van der Waals surface area contributed by atoms with Gasteiger partial charge in [-0.15, -0.1) is 33.1 Å². The Bertz CT molecular complexity index is 451. The van der Waals surface area contributed by atoms with Crippen molar-refractivity contribution in [3.63, 3.8) is 0 Å². The van der Waals surface area contributed by atoms with Crippen LogP contribution in [0.2, 0.25) is 0 Å². The molecule has 15 heavy (non-hydrogen) atoms. The van der Waals surface area contributed by atoms with Gasteiger partial charge in [-0.05, 0) is 37.9 Å². The van der Waals surface area contributed by atoms with Crippen LogP contribution < -0.4 is 0 Å². The van der Waals surface area contributed by atoms with Crippen LogP contribution in [0, 0.1) is 0 Å². The molecule has 2 rings (SSSR count). The summed E-state index contributed by atoms with van der Waals surface area (Å²) in [4.78, 5) is 0.932. The molecule has 80 valence electrons. The zero-order valence-electron chi connectivity index (χ0n) is 7.34. The Kier molecular flexibility index (Phi) is 3.82. The van der Waals surface area contributed by atoms with Gasteiger partial charge in [-0.2, -0.15) is 0 Å². The summed E-state index contributed by atoms with van der Waals surface area (Å²) in [7, 11) is 0. The monoisotopic (exact) mass is 370 g/mol. The summed E-state index contributed by atoms with van der Waals surface area (Å²) >= 11 is 13.9. The molecule has 0 spiro atoms. The zero-order chi connectivity index (χ0) is 10.8. The van der Waals surface area contributed by atoms with Crippen LogP contribution in [0.1, 0.15) is 5.89 Å². The second kappa shape index (κ2) is 4.95. The van der Waals surface area contributed by atoms with Crippen LogP contribution in [0.4, 0.5) is 0 Å². The van der Waals surface area contributed by atoms with Crippen LogP contribution in [-0.4, -0.2) is 16.1 Å². The normalized spacial score (nSPS) is 10.9. The van der Waals surface area contributed by atoms with E-state index in [1.54, 1.807) is 0 Å². The van der Waals surface area contributed by atoms with Gasteiger partial charge in [0.1, 0.15) is 0 Å². The molecular formula is C8H5Br2ClN2OS. The van der Waals surface area contributed by atoms with Crippen LogP contribution in [-0.2, 0) is 6.42 Å². The van der Waals surface area contributed by atoms with Crippen molar-refractivity contribution >= 4 is 54.8 Å². The maximum atomic E-state index is 5.58. The molecule has 0 radical (unpaired) electrons. The third-order valence-corrected chi connectivity index (χ3v) is 5.06. The molecule has 0 aliphatic carbocycles. The van der Waals surface area contributed by atoms with E-state index in [-0.39, 0.29) is 0 Å². The molecule has 0 aliphatic rings. The predicted octanol–water partition coefficient (Wildman–Crippen LogP) is 4.10. The maximum absolute atomic E-state index is 5.58. The van der Waals surface area contributed by atoms with Gasteiger partial charge in [0.2, 0.25) is 5.89 Å². The van der Waals surface area contributed by atoms with E-state index in [9.17, 15) is 0 Å². The summed E-state index contributed by atoms with van der Waals surface area (Å²) in [5.74, 6) is 1.59. The van der Waals surface area contributed by atoms with Crippen LogP contribution in [0.25, 0.3) is 10.8 Å². The Hall–Kier alpha value is 0.0900. The smallest absolute Gasteiger partial charge is 0.257 e. The average Bonchev–Trinajstić information content (AvgIpc) is 2.76. The van der Waals surface area contributed by atoms with E-state index in [0.717, 1.165) is 13.1 Å². The van der Waals surface area contributed by atoms with Crippen molar-refractivity contribution < 1.29 is 4.42 Å². The lowest BCUT2D eigenvalue weighted by Gasteiger charge is -1.86. The van der Waals surface area contributed by atoms with Crippen molar-refractivity contribution in [2.75, 3.05) is 5.88 Å². The quantitative estimate of drug-likeness (QED) is 0.762. The van der Waals surface area contributed by atoms with Crippen LogP contribution in [0.5, 0.6) is 0 Å². The second-order valence-corrected chi connectivity index (χ2v) is 6.27. The summed E-state index contributed by atoms with van der Waals surface area (Å²) in [6, 6.07) is 1.94.